The average molecular weight is 1610 g/mol. The summed E-state index contributed by atoms with van der Waals surface area (Å²) in [6.07, 6.45) is -16.8. The van der Waals surface area contributed by atoms with E-state index in [1.165, 1.54) is 6.92 Å². The maximum atomic E-state index is 15.2. The highest BCUT2D eigenvalue weighted by Crippen LogP contribution is 2.69. The Kier molecular flexibility index (Phi) is 22.5. The number of carboxylic acid groups (broad SMARTS) is 1. The summed E-state index contributed by atoms with van der Waals surface area (Å²) in [4.78, 5) is 71.5. The molecule has 0 radical (unpaired) electrons. The van der Waals surface area contributed by atoms with Crippen LogP contribution in [0, 0.1) is 82.9 Å². The number of Topliss-reactive ketones (excluding diaryl/α,β-unsaturated/α-hetero) is 1. The summed E-state index contributed by atoms with van der Waals surface area (Å²) in [5, 5.41) is 9.70. The molecule has 22 nitrogen and oxygen atoms in total. The molecule has 16 heterocycles. The van der Waals surface area contributed by atoms with Crippen LogP contribution in [0.5, 0.6) is 0 Å². The largest absolute Gasteiger partial charge is 0.478 e. The lowest BCUT2D eigenvalue weighted by molar-refractivity contribution is -0.599. The molecule has 20 rings (SSSR count). The predicted octanol–water partition coefficient (Wildman–Crippen LogP) is 16.0. The van der Waals surface area contributed by atoms with Crippen molar-refractivity contribution in [2.24, 2.45) is 88.6 Å². The van der Waals surface area contributed by atoms with Gasteiger partial charge >= 0.3 is 30.7 Å². The van der Waals surface area contributed by atoms with Gasteiger partial charge in [0.05, 0.1) is 24.1 Å². The molecule has 0 amide bonds. The standard InChI is InChI=1S/C36H48F6O10.C19H30F3NO5.C16H19F3O6.CH2Cl2/c1-18-9-11-23-20(3)34(36(40,41)42,48-29-32(23)21(18)13-16-31(5,47-29)50-51-32)44-17-7-6-8-25(43)26-24-12-10-19(2)22-14-15-30(4)46-28(33(22,24)52-49-30)45-27(26)35(37,38)39;1-11-5-6-14-12(2)18(19(20,21)22,24-10-4-9-23)26-15-17(14)13(11)7-8-16(3,25-15)27-28-17;1-7-3-4-9-10(12(20)21)11(16(17,18)19)22-13-15(9)8(7)5-6-14(2,23-13)24-25-15;2-1-3/h18-24,28-29H,6-17H2,1-5H3;11-15H,4-10,23H2,1-3H3;7-9,13H,3-6H2,1-2H3,(H,20,21);1H2/t18-,19-,20-,21?,22?,23+,24+,28-,29+,30-,31+,32-,33-,34-;11-,12-,13?,14+,15+,16+,17-,18-;7-,8?,9+,13-,14+,15-;/m111./s1. The second-order valence-electron chi connectivity index (χ2n) is 33.5. The summed E-state index contributed by atoms with van der Waals surface area (Å²) in [7, 11) is 0. The number of ketones is 1. The molecule has 0 aromatic carbocycles. The summed E-state index contributed by atoms with van der Waals surface area (Å²) in [6.45, 7) is 17.2. The molecule has 18 fully saturated rings. The minimum Gasteiger partial charge on any atom is -0.478 e. The molecular weight excluding hydrogens is 1510 g/mol. The molecule has 20 aliphatic rings. The maximum absolute atomic E-state index is 15.2. The summed E-state index contributed by atoms with van der Waals surface area (Å²) in [5.74, 6) is -21.6. The van der Waals surface area contributed by atoms with Gasteiger partial charge in [-0.2, -0.15) is 52.7 Å². The molecule has 0 aromatic rings. The number of ether oxygens (including phenoxy) is 10. The van der Waals surface area contributed by atoms with E-state index in [9.17, 15) is 54.2 Å². The van der Waals surface area contributed by atoms with Gasteiger partial charge in [0.15, 0.2) is 40.8 Å². The first kappa shape index (κ1) is 83.2. The van der Waals surface area contributed by atoms with Crippen molar-refractivity contribution in [3.63, 3.8) is 0 Å². The number of carboxylic acids is 1. The summed E-state index contributed by atoms with van der Waals surface area (Å²) in [5.41, 5.74) is -1.00. The smallest absolute Gasteiger partial charge is 0.449 e. The zero-order chi connectivity index (χ0) is 78.6. The van der Waals surface area contributed by atoms with Crippen molar-refractivity contribution < 1.29 is 154 Å². The number of nitrogens with two attached hydrogens (primary N) is 1. The number of alkyl halides is 14. The van der Waals surface area contributed by atoms with Gasteiger partial charge in [-0.05, 0) is 166 Å². The van der Waals surface area contributed by atoms with Crippen LogP contribution in [-0.2, 0) is 96.1 Å². The Hall–Kier alpha value is -2.72. The number of hydrogen-bond donors (Lipinski definition) is 2. The zero-order valence-electron chi connectivity index (χ0n) is 61.8. The number of fused-ring (bicyclic) bond motifs is 8. The first-order valence-corrected chi connectivity index (χ1v) is 39.0. The van der Waals surface area contributed by atoms with E-state index < -0.39 is 184 Å². The van der Waals surface area contributed by atoms with E-state index in [1.54, 1.807) is 34.6 Å². The molecule has 4 unspecified atom stereocenters. The third-order valence-corrected chi connectivity index (χ3v) is 27.2. The van der Waals surface area contributed by atoms with E-state index in [2.05, 4.69) is 13.8 Å². The van der Waals surface area contributed by atoms with E-state index in [0.717, 1.165) is 12.8 Å². The van der Waals surface area contributed by atoms with Gasteiger partial charge in [-0.15, -0.1) is 23.2 Å². The van der Waals surface area contributed by atoms with Crippen molar-refractivity contribution in [2.75, 3.05) is 25.1 Å². The minimum atomic E-state index is -5.00. The Morgan fingerprint density at radius 2 is 0.759 bits per heavy atom. The molecule has 616 valence electrons. The Balaban J connectivity index is 0.000000154. The highest BCUT2D eigenvalue weighted by molar-refractivity contribution is 6.40. The fourth-order valence-electron chi connectivity index (χ4n) is 21.8. The Morgan fingerprint density at radius 3 is 1.11 bits per heavy atom. The van der Waals surface area contributed by atoms with Crippen molar-refractivity contribution in [1.29, 1.82) is 0 Å². The molecule has 4 saturated carbocycles. The third-order valence-electron chi connectivity index (χ3n) is 27.2. The number of rotatable bonds is 12. The number of carbonyl (C=O) groups excluding carboxylic acids is 1. The number of allylic oxidation sites excluding steroid dienone is 2. The van der Waals surface area contributed by atoms with Crippen LogP contribution < -0.4 is 5.73 Å². The number of halogens is 14. The number of unbranched alkanes of at least 4 members (excludes halogenated alkanes) is 1. The van der Waals surface area contributed by atoms with Crippen molar-refractivity contribution in [2.45, 2.75) is 305 Å². The fraction of sp³-hybridized carbons (Fsp3) is 0.917. The molecule has 108 heavy (non-hydrogen) atoms. The molecule has 4 spiro atoms. The van der Waals surface area contributed by atoms with Crippen LogP contribution in [0.4, 0.5) is 52.7 Å². The van der Waals surface area contributed by atoms with E-state index in [1.807, 2.05) is 13.8 Å². The van der Waals surface area contributed by atoms with Crippen LogP contribution >= 0.6 is 23.2 Å². The topological polar surface area (TPSA) is 247 Å². The summed E-state index contributed by atoms with van der Waals surface area (Å²) in [6, 6.07) is 0. The van der Waals surface area contributed by atoms with Crippen LogP contribution in [0.15, 0.2) is 22.7 Å². The minimum absolute atomic E-state index is 0.00157. The summed E-state index contributed by atoms with van der Waals surface area (Å²) < 4.78 is 230. The molecule has 8 bridgehead atoms. The molecule has 28 atom stereocenters. The molecule has 4 aliphatic carbocycles. The highest BCUT2D eigenvalue weighted by atomic mass is 35.5. The quantitative estimate of drug-likeness (QED) is 0.0798. The Morgan fingerprint density at radius 1 is 0.435 bits per heavy atom. The second-order valence-corrected chi connectivity index (χ2v) is 34.3. The van der Waals surface area contributed by atoms with E-state index in [4.69, 9.17) is 115 Å². The third kappa shape index (κ3) is 13.4. The van der Waals surface area contributed by atoms with Gasteiger partial charge in [0.25, 0.3) is 11.6 Å². The molecular formula is C72H99Cl2F12NO21. The van der Waals surface area contributed by atoms with Gasteiger partial charge in [0, 0.05) is 85.0 Å². The summed E-state index contributed by atoms with van der Waals surface area (Å²) >= 11 is 9.53. The van der Waals surface area contributed by atoms with Crippen molar-refractivity contribution in [3.8, 4) is 0 Å². The van der Waals surface area contributed by atoms with Gasteiger partial charge in [-0.25, -0.2) is 43.9 Å². The molecule has 3 N–H and O–H groups in total. The van der Waals surface area contributed by atoms with Crippen molar-refractivity contribution in [3.05, 3.63) is 22.7 Å². The van der Waals surface area contributed by atoms with E-state index in [0.29, 0.717) is 83.5 Å². The lowest BCUT2D eigenvalue weighted by Crippen LogP contribution is -2.76. The molecule has 14 saturated heterocycles. The zero-order valence-corrected chi connectivity index (χ0v) is 63.4. The lowest BCUT2D eigenvalue weighted by atomic mass is 9.57. The van der Waals surface area contributed by atoms with Gasteiger partial charge < -0.3 is 58.2 Å². The van der Waals surface area contributed by atoms with Crippen LogP contribution in [0.3, 0.4) is 0 Å². The van der Waals surface area contributed by atoms with Gasteiger partial charge in [-0.1, -0.05) is 41.5 Å². The van der Waals surface area contributed by atoms with Gasteiger partial charge in [-0.3, -0.25) is 4.79 Å². The first-order chi connectivity index (χ1) is 50.4. The normalized spacial score (nSPS) is 48.0. The van der Waals surface area contributed by atoms with E-state index >= 15 is 13.2 Å². The Labute approximate surface area is 627 Å². The lowest BCUT2D eigenvalue weighted by Gasteiger charge is -2.62. The predicted molar refractivity (Wildman–Crippen MR) is 346 cm³/mol. The number of aliphatic carboxylic acids is 1. The van der Waals surface area contributed by atoms with Crippen LogP contribution in [0.25, 0.3) is 0 Å². The number of hydrogen-bond acceptors (Lipinski definition) is 21. The molecule has 16 aliphatic heterocycles. The van der Waals surface area contributed by atoms with Crippen molar-refractivity contribution >= 4 is 35.0 Å². The highest BCUT2D eigenvalue weighted by Gasteiger charge is 2.81. The van der Waals surface area contributed by atoms with E-state index in [-0.39, 0.29) is 97.9 Å². The molecule has 36 heteroatoms. The second kappa shape index (κ2) is 29.2. The first-order valence-electron chi connectivity index (χ1n) is 37.9. The monoisotopic (exact) mass is 1610 g/mol. The van der Waals surface area contributed by atoms with Gasteiger partial charge in [0.2, 0.25) is 47.2 Å². The Bertz CT molecular complexity index is 3400. The molecule has 0 aromatic heterocycles. The fourth-order valence-corrected chi connectivity index (χ4v) is 21.8. The van der Waals surface area contributed by atoms with Crippen LogP contribution in [-0.4, -0.2) is 149 Å². The van der Waals surface area contributed by atoms with Crippen LogP contribution in [0.1, 0.15) is 198 Å². The number of carbonyl (C=O) groups is 2. The average Bonchev–Trinajstić information content (AvgIpc) is 1.34. The SMILES string of the molecule is C[C@@H]1CC[C@H]2C(C(=O)CCCCO[C@@]3(C(F)(F)F)O[C@@H]4O[C@]5(C)CCC6[C@H](C)CC[C@@H]([C@H]3C)[C@]64OO5)=C(C(F)(F)F)O[C@@H]3O[C@@]4(C)CCC1[C@]32OO4.C[C@@H]1CC[C@H]2C(C(=O)O)=C(C(F)(F)F)O[C@@H]3O[C@]4(C)CCC1[C@]32OO4.C[C@@H]1CC[C@H]2[C@@H](C)[C@](OCCCN)(C(F)(F)F)O[C@@H]3O[C@]4(C)CCC1[C@]32OO4.ClCCl. The van der Waals surface area contributed by atoms with Crippen LogP contribution in [0.2, 0.25) is 0 Å². The van der Waals surface area contributed by atoms with Crippen molar-refractivity contribution in [1.82, 2.24) is 0 Å². The maximum Gasteiger partial charge on any atom is 0.449 e. The van der Waals surface area contributed by atoms with Gasteiger partial charge in [0.1, 0.15) is 0 Å².